The molecule has 6 heteroatoms. The van der Waals surface area contributed by atoms with Crippen LogP contribution >= 0.6 is 0 Å². The number of carbonyl (C=O) groups excluding carboxylic acids is 3. The van der Waals surface area contributed by atoms with Crippen molar-refractivity contribution in [2.24, 2.45) is 0 Å². The van der Waals surface area contributed by atoms with Crippen molar-refractivity contribution in [3.8, 4) is 0 Å². The minimum atomic E-state index is -0.879. The number of imide groups is 1. The van der Waals surface area contributed by atoms with Gasteiger partial charge >= 0.3 is 12.1 Å². The summed E-state index contributed by atoms with van der Waals surface area (Å²) in [4.78, 5) is 36.0. The van der Waals surface area contributed by atoms with Gasteiger partial charge in [0.2, 0.25) is 5.91 Å². The van der Waals surface area contributed by atoms with Gasteiger partial charge in [-0.25, -0.2) is 14.5 Å². The molecule has 0 saturated carbocycles. The van der Waals surface area contributed by atoms with Crippen LogP contribution in [0.25, 0.3) is 0 Å². The molecule has 0 unspecified atom stereocenters. The molecule has 0 N–H and O–H groups in total. The van der Waals surface area contributed by atoms with Crippen molar-refractivity contribution in [1.29, 1.82) is 0 Å². The lowest BCUT2D eigenvalue weighted by atomic mass is 10.2. The van der Waals surface area contributed by atoms with Crippen molar-refractivity contribution in [1.82, 2.24) is 4.90 Å². The van der Waals surface area contributed by atoms with E-state index in [1.807, 2.05) is 18.2 Å². The van der Waals surface area contributed by atoms with Crippen molar-refractivity contribution in [2.75, 3.05) is 7.11 Å². The number of esters is 1. The molecule has 1 aromatic rings. The normalized spacial score (nSPS) is 17.9. The third-order valence-electron chi connectivity index (χ3n) is 3.09. The van der Waals surface area contributed by atoms with Crippen LogP contribution in [0.4, 0.5) is 4.79 Å². The zero-order valence-corrected chi connectivity index (χ0v) is 11.1. The number of benzene rings is 1. The Hall–Kier alpha value is -2.37. The van der Waals surface area contributed by atoms with Crippen molar-refractivity contribution in [2.45, 2.75) is 25.5 Å². The lowest BCUT2D eigenvalue weighted by molar-refractivity contribution is -0.148. The quantitative estimate of drug-likeness (QED) is 0.783. The van der Waals surface area contributed by atoms with E-state index < -0.39 is 24.0 Å². The number of hydrogen-bond donors (Lipinski definition) is 0. The summed E-state index contributed by atoms with van der Waals surface area (Å²) < 4.78 is 9.65. The Morgan fingerprint density at radius 3 is 2.65 bits per heavy atom. The molecule has 6 nitrogen and oxygen atoms in total. The van der Waals surface area contributed by atoms with Crippen LogP contribution in [0.15, 0.2) is 30.3 Å². The fourth-order valence-corrected chi connectivity index (χ4v) is 2.06. The summed E-state index contributed by atoms with van der Waals surface area (Å²) in [6.45, 7) is 0.0529. The maximum absolute atomic E-state index is 11.9. The highest BCUT2D eigenvalue weighted by atomic mass is 16.6. The van der Waals surface area contributed by atoms with Gasteiger partial charge in [-0.15, -0.1) is 0 Å². The Balaban J connectivity index is 2.00. The second kappa shape index (κ2) is 6.18. The Morgan fingerprint density at radius 2 is 2.00 bits per heavy atom. The van der Waals surface area contributed by atoms with Gasteiger partial charge in [0.25, 0.3) is 0 Å². The molecule has 1 aliphatic rings. The third-order valence-corrected chi connectivity index (χ3v) is 3.09. The first kappa shape index (κ1) is 14.0. The molecule has 0 radical (unpaired) electrons. The number of hydrogen-bond acceptors (Lipinski definition) is 5. The van der Waals surface area contributed by atoms with E-state index in [1.54, 1.807) is 12.1 Å². The molecule has 0 aliphatic carbocycles. The lowest BCUT2D eigenvalue weighted by Crippen LogP contribution is -2.43. The first-order valence-electron chi connectivity index (χ1n) is 6.24. The van der Waals surface area contributed by atoms with Crippen LogP contribution in [0.5, 0.6) is 0 Å². The van der Waals surface area contributed by atoms with E-state index in [0.717, 1.165) is 10.5 Å². The number of carbonyl (C=O) groups is 3. The van der Waals surface area contributed by atoms with E-state index >= 15 is 0 Å². The molecular weight excluding hydrogens is 262 g/mol. The van der Waals surface area contributed by atoms with Crippen LogP contribution in [0.1, 0.15) is 18.4 Å². The van der Waals surface area contributed by atoms with Gasteiger partial charge in [0.15, 0.2) is 0 Å². The molecule has 0 bridgehead atoms. The molecule has 2 rings (SSSR count). The van der Waals surface area contributed by atoms with Crippen molar-refractivity contribution >= 4 is 18.0 Å². The number of methoxy groups -OCH3 is 1. The van der Waals surface area contributed by atoms with Crippen molar-refractivity contribution < 1.29 is 23.9 Å². The summed E-state index contributed by atoms with van der Waals surface area (Å²) in [5.41, 5.74) is 0.808. The zero-order chi connectivity index (χ0) is 14.5. The number of amides is 2. The standard InChI is InChI=1S/C14H15NO5/c1-19-13(17)11-7-8-12(16)15(11)14(18)20-9-10-5-3-2-4-6-10/h2-6,11H,7-9H2,1H3/t11-/m0/s1. The smallest absolute Gasteiger partial charge is 0.417 e. The molecule has 106 valence electrons. The van der Waals surface area contributed by atoms with Crippen LogP contribution < -0.4 is 0 Å². The molecule has 1 saturated heterocycles. The lowest BCUT2D eigenvalue weighted by Gasteiger charge is -2.20. The number of nitrogens with zero attached hydrogens (tertiary/aromatic N) is 1. The summed E-state index contributed by atoms with van der Waals surface area (Å²) >= 11 is 0. The van der Waals surface area contributed by atoms with Gasteiger partial charge in [0.05, 0.1) is 7.11 Å². The maximum Gasteiger partial charge on any atom is 0.417 e. The minimum Gasteiger partial charge on any atom is -0.467 e. The Labute approximate surface area is 116 Å². The van der Waals surface area contributed by atoms with Crippen LogP contribution in [0.2, 0.25) is 0 Å². The van der Waals surface area contributed by atoms with Crippen LogP contribution in [-0.2, 0) is 25.7 Å². The topological polar surface area (TPSA) is 72.9 Å². The molecule has 1 heterocycles. The molecule has 1 atom stereocenters. The minimum absolute atomic E-state index is 0.0529. The van der Waals surface area contributed by atoms with E-state index in [4.69, 9.17) is 4.74 Å². The first-order chi connectivity index (χ1) is 9.63. The summed E-state index contributed by atoms with van der Waals surface area (Å²) in [6.07, 6.45) is -0.404. The summed E-state index contributed by atoms with van der Waals surface area (Å²) in [6, 6.07) is 8.22. The molecule has 1 aromatic carbocycles. The van der Waals surface area contributed by atoms with Gasteiger partial charge in [-0.05, 0) is 12.0 Å². The molecule has 0 aromatic heterocycles. The highest BCUT2D eigenvalue weighted by molar-refractivity contribution is 5.99. The maximum atomic E-state index is 11.9. The average Bonchev–Trinajstić information content (AvgIpc) is 2.87. The molecule has 20 heavy (non-hydrogen) atoms. The largest absolute Gasteiger partial charge is 0.467 e. The van der Waals surface area contributed by atoms with E-state index in [2.05, 4.69) is 4.74 Å². The van der Waals surface area contributed by atoms with E-state index in [9.17, 15) is 14.4 Å². The Morgan fingerprint density at radius 1 is 1.30 bits per heavy atom. The molecular formula is C14H15NO5. The summed E-state index contributed by atoms with van der Waals surface area (Å²) in [5, 5.41) is 0. The predicted octanol–water partition coefficient (Wildman–Crippen LogP) is 1.49. The molecule has 1 aliphatic heterocycles. The van der Waals surface area contributed by atoms with Gasteiger partial charge in [-0.2, -0.15) is 0 Å². The third kappa shape index (κ3) is 2.96. The highest BCUT2D eigenvalue weighted by Crippen LogP contribution is 2.21. The van der Waals surface area contributed by atoms with Crippen molar-refractivity contribution in [3.05, 3.63) is 35.9 Å². The van der Waals surface area contributed by atoms with E-state index in [1.165, 1.54) is 7.11 Å². The van der Waals surface area contributed by atoms with Crippen LogP contribution in [0.3, 0.4) is 0 Å². The Kier molecular flexibility index (Phi) is 4.34. The van der Waals surface area contributed by atoms with E-state index in [0.29, 0.717) is 0 Å². The fourth-order valence-electron chi connectivity index (χ4n) is 2.06. The van der Waals surface area contributed by atoms with Crippen molar-refractivity contribution in [3.63, 3.8) is 0 Å². The average molecular weight is 277 g/mol. The SMILES string of the molecule is COC(=O)[C@@H]1CCC(=O)N1C(=O)OCc1ccccc1. The monoisotopic (exact) mass is 277 g/mol. The van der Waals surface area contributed by atoms with Gasteiger partial charge < -0.3 is 9.47 Å². The molecule has 1 fully saturated rings. The molecule has 2 amide bonds. The van der Waals surface area contributed by atoms with E-state index in [-0.39, 0.29) is 19.4 Å². The highest BCUT2D eigenvalue weighted by Gasteiger charge is 2.41. The summed E-state index contributed by atoms with van der Waals surface area (Å²) in [7, 11) is 1.22. The van der Waals surface area contributed by atoms with Gasteiger partial charge in [0, 0.05) is 6.42 Å². The van der Waals surface area contributed by atoms with Gasteiger partial charge in [-0.3, -0.25) is 4.79 Å². The number of ether oxygens (including phenoxy) is 2. The number of likely N-dealkylation sites (tertiary alicyclic amines) is 1. The fraction of sp³-hybridized carbons (Fsp3) is 0.357. The summed E-state index contributed by atoms with van der Waals surface area (Å²) in [5.74, 6) is -1.02. The van der Waals surface area contributed by atoms with Crippen LogP contribution in [-0.4, -0.2) is 36.0 Å². The number of rotatable bonds is 3. The molecule has 0 spiro atoms. The van der Waals surface area contributed by atoms with Gasteiger partial charge in [0.1, 0.15) is 12.6 Å². The zero-order valence-electron chi connectivity index (χ0n) is 11.1. The first-order valence-corrected chi connectivity index (χ1v) is 6.24. The second-order valence-corrected chi connectivity index (χ2v) is 4.38. The van der Waals surface area contributed by atoms with Crippen LogP contribution in [0, 0.1) is 0 Å². The predicted molar refractivity (Wildman–Crippen MR) is 68.5 cm³/mol. The Bertz CT molecular complexity index is 514. The van der Waals surface area contributed by atoms with Gasteiger partial charge in [-0.1, -0.05) is 30.3 Å². The second-order valence-electron chi connectivity index (χ2n) is 4.38.